The van der Waals surface area contributed by atoms with Crippen LogP contribution in [0.15, 0.2) is 27.9 Å². The Labute approximate surface area is 139 Å². The molecular weight excluding hydrogens is 332 g/mol. The molecule has 0 radical (unpaired) electrons. The highest BCUT2D eigenvalue weighted by Gasteiger charge is 2.27. The zero-order chi connectivity index (χ0) is 17.5. The van der Waals surface area contributed by atoms with Crippen LogP contribution in [0.1, 0.15) is 19.3 Å². The molecule has 2 aromatic rings. The average Bonchev–Trinajstić information content (AvgIpc) is 2.70. The van der Waals surface area contributed by atoms with Crippen molar-refractivity contribution in [3.05, 3.63) is 28.7 Å². The van der Waals surface area contributed by atoms with E-state index in [0.717, 1.165) is 12.8 Å². The van der Waals surface area contributed by atoms with Gasteiger partial charge in [0.15, 0.2) is 0 Å². The molecule has 130 valence electrons. The lowest BCUT2D eigenvalue weighted by Crippen LogP contribution is -2.45. The summed E-state index contributed by atoms with van der Waals surface area (Å²) < 4.78 is 30.6. The molecule has 1 saturated heterocycles. The highest BCUT2D eigenvalue weighted by Crippen LogP contribution is 2.19. The lowest BCUT2D eigenvalue weighted by molar-refractivity contribution is -0.122. The van der Waals surface area contributed by atoms with Crippen molar-refractivity contribution >= 4 is 27.0 Å². The van der Waals surface area contributed by atoms with E-state index in [4.69, 9.17) is 0 Å². The molecule has 1 unspecified atom stereocenters. The van der Waals surface area contributed by atoms with Crippen LogP contribution in [-0.4, -0.2) is 36.0 Å². The molecule has 1 aromatic carbocycles. The van der Waals surface area contributed by atoms with Crippen LogP contribution in [0.5, 0.6) is 0 Å². The molecule has 9 heteroatoms. The van der Waals surface area contributed by atoms with E-state index < -0.39 is 16.1 Å². The molecule has 0 spiro atoms. The number of sulfonamides is 1. The van der Waals surface area contributed by atoms with Gasteiger partial charge in [0.1, 0.15) is 6.04 Å². The molecule has 0 saturated carbocycles. The van der Waals surface area contributed by atoms with Crippen LogP contribution < -0.4 is 15.7 Å². The lowest BCUT2D eigenvalue weighted by Gasteiger charge is -2.15. The van der Waals surface area contributed by atoms with Gasteiger partial charge in [-0.25, -0.2) is 13.2 Å². The first-order chi connectivity index (χ1) is 11.3. The molecule has 1 aliphatic rings. The highest BCUT2D eigenvalue weighted by atomic mass is 32.2. The van der Waals surface area contributed by atoms with Crippen LogP contribution in [0.2, 0.25) is 0 Å². The molecule has 1 aliphatic heterocycles. The molecule has 2 N–H and O–H groups in total. The number of amides is 1. The van der Waals surface area contributed by atoms with Crippen LogP contribution in [0.3, 0.4) is 0 Å². The summed E-state index contributed by atoms with van der Waals surface area (Å²) in [6, 6.07) is 3.72. The molecule has 1 aromatic heterocycles. The number of hydrogen-bond acceptors (Lipinski definition) is 4. The van der Waals surface area contributed by atoms with E-state index in [0.29, 0.717) is 24.0 Å². The lowest BCUT2D eigenvalue weighted by atomic mass is 10.1. The maximum atomic E-state index is 12.6. The van der Waals surface area contributed by atoms with Gasteiger partial charge >= 0.3 is 5.69 Å². The Balaban J connectivity index is 1.97. The summed E-state index contributed by atoms with van der Waals surface area (Å²) in [5.74, 6) is -0.302. The van der Waals surface area contributed by atoms with Crippen LogP contribution >= 0.6 is 0 Å². The number of carbonyl (C=O) groups is 1. The second-order valence-corrected chi connectivity index (χ2v) is 7.73. The molecule has 0 aliphatic carbocycles. The van der Waals surface area contributed by atoms with E-state index in [-0.39, 0.29) is 16.5 Å². The molecule has 8 nitrogen and oxygen atoms in total. The summed E-state index contributed by atoms with van der Waals surface area (Å²) in [5.41, 5.74) is 0.944. The molecule has 1 fully saturated rings. The number of benzene rings is 1. The largest absolute Gasteiger partial charge is 0.355 e. The normalized spacial score (nSPS) is 19.2. The summed E-state index contributed by atoms with van der Waals surface area (Å²) in [7, 11) is -0.634. The Morgan fingerprint density at radius 2 is 1.83 bits per heavy atom. The van der Waals surface area contributed by atoms with Gasteiger partial charge < -0.3 is 5.32 Å². The predicted molar refractivity (Wildman–Crippen MR) is 89.1 cm³/mol. The summed E-state index contributed by atoms with van der Waals surface area (Å²) in [6.07, 6.45) is 2.08. The number of nitrogens with one attached hydrogen (secondary N) is 2. The van der Waals surface area contributed by atoms with E-state index in [9.17, 15) is 18.0 Å². The topological polar surface area (TPSA) is 102 Å². The summed E-state index contributed by atoms with van der Waals surface area (Å²) >= 11 is 0. The molecule has 24 heavy (non-hydrogen) atoms. The van der Waals surface area contributed by atoms with Crippen molar-refractivity contribution in [3.63, 3.8) is 0 Å². The SMILES string of the molecule is Cn1c(=O)n(C)c2cc(S(=O)(=O)NC3CCCCNC3=O)ccc21. The van der Waals surface area contributed by atoms with Crippen LogP contribution in [-0.2, 0) is 28.9 Å². The van der Waals surface area contributed by atoms with Gasteiger partial charge in [0.05, 0.1) is 15.9 Å². The third-order valence-corrected chi connectivity index (χ3v) is 5.86. The molecule has 1 atom stereocenters. The van der Waals surface area contributed by atoms with E-state index in [2.05, 4.69) is 10.0 Å². The van der Waals surface area contributed by atoms with Gasteiger partial charge in [-0.15, -0.1) is 0 Å². The Morgan fingerprint density at radius 3 is 2.58 bits per heavy atom. The minimum absolute atomic E-state index is 0.0354. The Kier molecular flexibility index (Phi) is 4.22. The smallest absolute Gasteiger partial charge is 0.328 e. The van der Waals surface area contributed by atoms with Crippen molar-refractivity contribution in [2.75, 3.05) is 6.54 Å². The van der Waals surface area contributed by atoms with Gasteiger partial charge in [-0.2, -0.15) is 4.72 Å². The first-order valence-electron chi connectivity index (χ1n) is 7.77. The Hall–Kier alpha value is -2.13. The zero-order valence-electron chi connectivity index (χ0n) is 13.6. The number of hydrogen-bond donors (Lipinski definition) is 2. The number of rotatable bonds is 3. The fraction of sp³-hybridized carbons (Fsp3) is 0.467. The number of carbonyl (C=O) groups excluding carboxylic acids is 1. The van der Waals surface area contributed by atoms with Gasteiger partial charge in [0.2, 0.25) is 15.9 Å². The van der Waals surface area contributed by atoms with Gasteiger partial charge in [-0.1, -0.05) is 0 Å². The van der Waals surface area contributed by atoms with Crippen LogP contribution in [0.4, 0.5) is 0 Å². The highest BCUT2D eigenvalue weighted by molar-refractivity contribution is 7.89. The van der Waals surface area contributed by atoms with E-state index >= 15 is 0 Å². The fourth-order valence-electron chi connectivity index (χ4n) is 2.96. The third-order valence-electron chi connectivity index (χ3n) is 4.39. The van der Waals surface area contributed by atoms with Crippen molar-refractivity contribution in [1.29, 1.82) is 0 Å². The predicted octanol–water partition coefficient (Wildman–Crippen LogP) is -0.176. The second-order valence-electron chi connectivity index (χ2n) is 6.01. The quantitative estimate of drug-likeness (QED) is 0.800. The maximum absolute atomic E-state index is 12.6. The summed E-state index contributed by atoms with van der Waals surface area (Å²) in [4.78, 5) is 23.9. The van der Waals surface area contributed by atoms with E-state index in [1.807, 2.05) is 0 Å². The maximum Gasteiger partial charge on any atom is 0.328 e. The van der Waals surface area contributed by atoms with Crippen molar-refractivity contribution in [2.24, 2.45) is 14.1 Å². The standard InChI is InChI=1S/C15H20N4O4S/c1-18-12-7-6-10(9-13(12)19(2)15(18)21)24(22,23)17-11-5-3-4-8-16-14(11)20/h6-7,9,11,17H,3-5,8H2,1-2H3,(H,16,20). The number of fused-ring (bicyclic) bond motifs is 1. The summed E-state index contributed by atoms with van der Waals surface area (Å²) in [6.45, 7) is 0.565. The Bertz CT molecular complexity index is 958. The molecular formula is C15H20N4O4S. The number of imidazole rings is 1. The van der Waals surface area contributed by atoms with Gasteiger partial charge in [-0.05, 0) is 37.5 Å². The third kappa shape index (κ3) is 2.84. The minimum Gasteiger partial charge on any atom is -0.355 e. The van der Waals surface area contributed by atoms with Crippen molar-refractivity contribution in [3.8, 4) is 0 Å². The minimum atomic E-state index is -3.86. The molecule has 2 heterocycles. The zero-order valence-corrected chi connectivity index (χ0v) is 14.4. The number of aromatic nitrogens is 2. The van der Waals surface area contributed by atoms with Gasteiger partial charge in [0.25, 0.3) is 0 Å². The van der Waals surface area contributed by atoms with Crippen LogP contribution in [0.25, 0.3) is 11.0 Å². The van der Waals surface area contributed by atoms with Crippen LogP contribution in [0, 0.1) is 0 Å². The first-order valence-corrected chi connectivity index (χ1v) is 9.25. The van der Waals surface area contributed by atoms with Crippen molar-refractivity contribution < 1.29 is 13.2 Å². The van der Waals surface area contributed by atoms with E-state index in [1.54, 1.807) is 20.2 Å². The van der Waals surface area contributed by atoms with Crippen molar-refractivity contribution in [1.82, 2.24) is 19.2 Å². The Morgan fingerprint density at radius 1 is 1.12 bits per heavy atom. The van der Waals surface area contributed by atoms with Gasteiger partial charge in [0, 0.05) is 20.6 Å². The number of aryl methyl sites for hydroxylation is 2. The molecule has 1 amide bonds. The first kappa shape index (κ1) is 16.7. The summed E-state index contributed by atoms with van der Waals surface area (Å²) in [5, 5.41) is 2.70. The van der Waals surface area contributed by atoms with Gasteiger partial charge in [-0.3, -0.25) is 13.9 Å². The molecule has 3 rings (SSSR count). The van der Waals surface area contributed by atoms with Crippen molar-refractivity contribution in [2.45, 2.75) is 30.2 Å². The second kappa shape index (κ2) is 6.06. The van der Waals surface area contributed by atoms with E-state index in [1.165, 1.54) is 21.3 Å². The number of nitrogens with zero attached hydrogens (tertiary/aromatic N) is 2. The molecule has 0 bridgehead atoms. The monoisotopic (exact) mass is 352 g/mol. The fourth-order valence-corrected chi connectivity index (χ4v) is 4.21. The average molecular weight is 352 g/mol.